The van der Waals surface area contributed by atoms with Crippen LogP contribution in [-0.4, -0.2) is 33.2 Å². The lowest BCUT2D eigenvalue weighted by atomic mass is 9.79. The molecule has 2 heterocycles. The Morgan fingerprint density at radius 2 is 2.00 bits per heavy atom. The van der Waals surface area contributed by atoms with E-state index in [0.29, 0.717) is 12.8 Å². The zero-order valence-corrected chi connectivity index (χ0v) is 17.2. The summed E-state index contributed by atoms with van der Waals surface area (Å²) < 4.78 is 3.20. The molecule has 0 saturated carbocycles. The van der Waals surface area contributed by atoms with Gasteiger partial charge in [-0.3, -0.25) is 4.79 Å². The number of benzene rings is 2. The van der Waals surface area contributed by atoms with E-state index in [1.54, 1.807) is 6.92 Å². The van der Waals surface area contributed by atoms with Crippen molar-refractivity contribution >= 4 is 21.8 Å². The summed E-state index contributed by atoms with van der Waals surface area (Å²) in [5.41, 5.74) is 2.87. The van der Waals surface area contributed by atoms with Gasteiger partial charge in [0, 0.05) is 35.4 Å². The van der Waals surface area contributed by atoms with Crippen LogP contribution in [0.15, 0.2) is 65.4 Å². The topological polar surface area (TPSA) is 67.2 Å². The van der Waals surface area contributed by atoms with Gasteiger partial charge >= 0.3 is 0 Å². The van der Waals surface area contributed by atoms with Crippen molar-refractivity contribution in [3.8, 4) is 11.4 Å². The van der Waals surface area contributed by atoms with Crippen LogP contribution in [0.2, 0.25) is 0 Å². The van der Waals surface area contributed by atoms with Gasteiger partial charge in [-0.15, -0.1) is 0 Å². The van der Waals surface area contributed by atoms with E-state index in [2.05, 4.69) is 55.1 Å². The Morgan fingerprint density at radius 3 is 2.75 bits per heavy atom. The Kier molecular flexibility index (Phi) is 5.08. The van der Waals surface area contributed by atoms with E-state index in [9.17, 15) is 9.90 Å². The van der Waals surface area contributed by atoms with Gasteiger partial charge in [-0.05, 0) is 36.6 Å². The minimum absolute atomic E-state index is 0.0663. The average molecular weight is 440 g/mol. The third-order valence-corrected chi connectivity index (χ3v) is 5.82. The predicted octanol–water partition coefficient (Wildman–Crippen LogP) is 3.70. The monoisotopic (exact) mass is 439 g/mol. The molecule has 6 heteroatoms. The number of rotatable bonds is 6. The van der Waals surface area contributed by atoms with Crippen LogP contribution in [0.3, 0.4) is 0 Å². The zero-order valence-electron chi connectivity index (χ0n) is 15.6. The number of fused-ring (bicyclic) bond motifs is 3. The second-order valence-electron chi connectivity index (χ2n) is 7.19. The molecule has 0 spiro atoms. The maximum Gasteiger partial charge on any atom is 0.220 e. The van der Waals surface area contributed by atoms with Gasteiger partial charge in [0.05, 0.1) is 11.6 Å². The molecule has 0 saturated heterocycles. The summed E-state index contributed by atoms with van der Waals surface area (Å²) >= 11 is 3.52. The highest BCUT2D eigenvalue weighted by atomic mass is 79.9. The van der Waals surface area contributed by atoms with E-state index in [1.165, 1.54) is 0 Å². The number of nitrogens with zero attached hydrogens (tertiary/aromatic N) is 2. The predicted molar refractivity (Wildman–Crippen MR) is 112 cm³/mol. The Bertz CT molecular complexity index is 997. The maximum absolute atomic E-state index is 12.4. The number of carbonyl (C=O) groups excluding carboxylic acids is 1. The van der Waals surface area contributed by atoms with Gasteiger partial charge in [0.25, 0.3) is 0 Å². The van der Waals surface area contributed by atoms with Gasteiger partial charge in [0.1, 0.15) is 5.82 Å². The number of hydrogen-bond acceptors (Lipinski definition) is 3. The molecule has 1 aromatic heterocycles. The van der Waals surface area contributed by atoms with Gasteiger partial charge in [-0.1, -0.05) is 52.3 Å². The van der Waals surface area contributed by atoms with Crippen LogP contribution in [-0.2, 0) is 10.3 Å². The van der Waals surface area contributed by atoms with Crippen LogP contribution < -0.4 is 5.32 Å². The van der Waals surface area contributed by atoms with Crippen molar-refractivity contribution in [2.45, 2.75) is 31.4 Å². The lowest BCUT2D eigenvalue weighted by molar-refractivity contribution is -0.121. The minimum Gasteiger partial charge on any atom is -0.392 e. The molecule has 2 N–H and O–H groups in total. The first kappa shape index (κ1) is 18.9. The van der Waals surface area contributed by atoms with Gasteiger partial charge in [0.15, 0.2) is 0 Å². The number of imidazole rings is 1. The SMILES string of the molecule is CC(O)CNC(=O)CCC1(c2ccc(Br)cc2)c2ccccc2-c2nccn21. The second kappa shape index (κ2) is 7.53. The molecule has 2 atom stereocenters. The fourth-order valence-electron chi connectivity index (χ4n) is 4.04. The van der Waals surface area contributed by atoms with Crippen LogP contribution in [0, 0.1) is 0 Å². The Hall–Kier alpha value is -2.44. The van der Waals surface area contributed by atoms with Gasteiger partial charge < -0.3 is 15.0 Å². The molecule has 5 nitrogen and oxygen atoms in total. The summed E-state index contributed by atoms with van der Waals surface area (Å²) in [6.45, 7) is 1.92. The molecule has 144 valence electrons. The second-order valence-corrected chi connectivity index (χ2v) is 8.10. The Balaban J connectivity index is 1.78. The van der Waals surface area contributed by atoms with E-state index in [4.69, 9.17) is 0 Å². The van der Waals surface area contributed by atoms with Gasteiger partial charge in [-0.25, -0.2) is 4.98 Å². The van der Waals surface area contributed by atoms with Crippen LogP contribution in [0.1, 0.15) is 30.9 Å². The summed E-state index contributed by atoms with van der Waals surface area (Å²) in [5.74, 6) is 0.853. The third kappa shape index (κ3) is 3.16. The van der Waals surface area contributed by atoms with E-state index >= 15 is 0 Å². The van der Waals surface area contributed by atoms with Gasteiger partial charge in [0.2, 0.25) is 5.91 Å². The Morgan fingerprint density at radius 1 is 1.25 bits per heavy atom. The van der Waals surface area contributed by atoms with Crippen LogP contribution in [0.25, 0.3) is 11.4 Å². The summed E-state index contributed by atoms with van der Waals surface area (Å²) in [7, 11) is 0. The number of hydrogen-bond donors (Lipinski definition) is 2. The highest BCUT2D eigenvalue weighted by molar-refractivity contribution is 9.10. The number of amides is 1. The summed E-state index contributed by atoms with van der Waals surface area (Å²) in [6, 6.07) is 16.5. The molecule has 4 rings (SSSR count). The molecule has 2 unspecified atom stereocenters. The quantitative estimate of drug-likeness (QED) is 0.615. The van der Waals surface area contributed by atoms with Crippen LogP contribution in [0.5, 0.6) is 0 Å². The zero-order chi connectivity index (χ0) is 19.7. The average Bonchev–Trinajstić information content (AvgIpc) is 3.27. The molecule has 1 aliphatic rings. The molecular formula is C22H22BrN3O2. The summed E-state index contributed by atoms with van der Waals surface area (Å²) in [4.78, 5) is 17.0. The molecule has 28 heavy (non-hydrogen) atoms. The first-order chi connectivity index (χ1) is 13.5. The van der Waals surface area contributed by atoms with Crippen molar-refractivity contribution in [2.24, 2.45) is 0 Å². The molecule has 3 aromatic rings. The number of aliphatic hydroxyl groups excluding tert-OH is 1. The Labute approximate surface area is 172 Å². The molecule has 2 aromatic carbocycles. The van der Waals surface area contributed by atoms with E-state index in [-0.39, 0.29) is 12.5 Å². The highest BCUT2D eigenvalue weighted by Crippen LogP contribution is 2.49. The van der Waals surface area contributed by atoms with Crippen LogP contribution >= 0.6 is 15.9 Å². The van der Waals surface area contributed by atoms with Crippen molar-refractivity contribution in [1.82, 2.24) is 14.9 Å². The van der Waals surface area contributed by atoms with Crippen molar-refractivity contribution in [3.05, 3.63) is 76.5 Å². The van der Waals surface area contributed by atoms with E-state index in [1.807, 2.05) is 36.7 Å². The fourth-order valence-corrected chi connectivity index (χ4v) is 4.31. The highest BCUT2D eigenvalue weighted by Gasteiger charge is 2.44. The number of aliphatic hydroxyl groups is 1. The first-order valence-electron chi connectivity index (χ1n) is 9.37. The smallest absolute Gasteiger partial charge is 0.220 e. The summed E-state index contributed by atoms with van der Waals surface area (Å²) in [6.07, 6.45) is 4.18. The number of aromatic nitrogens is 2. The molecule has 1 aliphatic heterocycles. The molecule has 1 amide bonds. The van der Waals surface area contributed by atoms with Gasteiger partial charge in [-0.2, -0.15) is 0 Å². The van der Waals surface area contributed by atoms with Crippen molar-refractivity contribution < 1.29 is 9.90 Å². The lowest BCUT2D eigenvalue weighted by Crippen LogP contribution is -2.36. The molecular weight excluding hydrogens is 418 g/mol. The normalized spacial score (nSPS) is 18.4. The molecule has 0 aliphatic carbocycles. The molecule has 0 bridgehead atoms. The summed E-state index contributed by atoms with van der Waals surface area (Å²) in [5, 5.41) is 12.2. The van der Waals surface area contributed by atoms with E-state index in [0.717, 1.165) is 27.0 Å². The minimum atomic E-state index is -0.558. The maximum atomic E-state index is 12.4. The lowest BCUT2D eigenvalue weighted by Gasteiger charge is -2.33. The third-order valence-electron chi connectivity index (χ3n) is 5.30. The first-order valence-corrected chi connectivity index (χ1v) is 10.2. The van der Waals surface area contributed by atoms with Crippen molar-refractivity contribution in [2.75, 3.05) is 6.54 Å². The fraction of sp³-hybridized carbons (Fsp3) is 0.273. The largest absolute Gasteiger partial charge is 0.392 e. The van der Waals surface area contributed by atoms with Crippen molar-refractivity contribution in [1.29, 1.82) is 0 Å². The standard InChI is InChI=1S/C22H22BrN3O2/c1-15(27)14-25-20(28)10-11-22(16-6-8-17(23)9-7-16)19-5-3-2-4-18(19)21-24-12-13-26(21)22/h2-9,12-13,15,27H,10-11,14H2,1H3,(H,25,28). The molecule has 0 fully saturated rings. The number of carbonyl (C=O) groups is 1. The number of nitrogens with one attached hydrogen (secondary N) is 1. The van der Waals surface area contributed by atoms with Crippen LogP contribution in [0.4, 0.5) is 0 Å². The number of halogens is 1. The molecule has 0 radical (unpaired) electrons. The van der Waals surface area contributed by atoms with Crippen molar-refractivity contribution in [3.63, 3.8) is 0 Å². The van der Waals surface area contributed by atoms with E-state index < -0.39 is 11.6 Å².